The Bertz CT molecular complexity index is 378. The van der Waals surface area contributed by atoms with Crippen LogP contribution in [0.4, 0.5) is 0 Å². The molecule has 0 saturated heterocycles. The van der Waals surface area contributed by atoms with Gasteiger partial charge in [0, 0.05) is 0 Å². The topological polar surface area (TPSA) is 102 Å². The minimum atomic E-state index is -1.03. The van der Waals surface area contributed by atoms with E-state index in [4.69, 9.17) is 0 Å². The van der Waals surface area contributed by atoms with Crippen molar-refractivity contribution in [2.45, 2.75) is 47.5 Å². The van der Waals surface area contributed by atoms with E-state index in [1.54, 1.807) is 0 Å². The van der Waals surface area contributed by atoms with Gasteiger partial charge in [0.05, 0.1) is 12.8 Å². The molecule has 0 N–H and O–H groups in total. The van der Waals surface area contributed by atoms with E-state index < -0.39 is 5.92 Å². The van der Waals surface area contributed by atoms with Crippen LogP contribution in [-0.2, 0) is 28.8 Å². The third kappa shape index (κ3) is 11.1. The number of carbonyl (C=O) groups excluding carboxylic acids is 6. The van der Waals surface area contributed by atoms with Crippen LogP contribution < -0.4 is 0 Å². The summed E-state index contributed by atoms with van der Waals surface area (Å²) in [6, 6.07) is 0. The Morgan fingerprint density at radius 3 is 0.950 bits per heavy atom. The molecule has 0 saturated carbocycles. The molecule has 112 valence electrons. The zero-order valence-corrected chi connectivity index (χ0v) is 12.4. The van der Waals surface area contributed by atoms with E-state index in [9.17, 15) is 28.8 Å². The van der Waals surface area contributed by atoms with Gasteiger partial charge in [-0.2, -0.15) is 0 Å². The first kappa shape index (κ1) is 20.3. The smallest absolute Gasteiger partial charge is 0.147 e. The molecule has 0 amide bonds. The summed E-state index contributed by atoms with van der Waals surface area (Å²) < 4.78 is 0. The van der Waals surface area contributed by atoms with Crippen molar-refractivity contribution in [3.8, 4) is 0 Å². The van der Waals surface area contributed by atoms with Crippen molar-refractivity contribution in [3.05, 3.63) is 0 Å². The molecule has 0 aliphatic heterocycles. The maximum Gasteiger partial charge on any atom is 0.147 e. The fourth-order valence-corrected chi connectivity index (χ4v) is 1.48. The average molecular weight is 284 g/mol. The van der Waals surface area contributed by atoms with Crippen molar-refractivity contribution in [2.75, 3.05) is 0 Å². The molecule has 0 rings (SSSR count). The van der Waals surface area contributed by atoms with Gasteiger partial charge < -0.3 is 0 Å². The number of rotatable bonds is 7. The van der Waals surface area contributed by atoms with Crippen molar-refractivity contribution in [3.63, 3.8) is 0 Å². The molecule has 0 spiro atoms. The van der Waals surface area contributed by atoms with Crippen LogP contribution in [0.15, 0.2) is 0 Å². The molecule has 0 unspecified atom stereocenters. The predicted octanol–water partition coefficient (Wildman–Crippen LogP) is 0.883. The molecule has 6 nitrogen and oxygen atoms in total. The largest absolute Gasteiger partial charge is 0.300 e. The second-order valence-corrected chi connectivity index (χ2v) is 4.56. The molecular formula is C14H20O6. The average Bonchev–Trinajstić information content (AvgIpc) is 2.12. The number of carbonyl (C=O) groups is 6. The van der Waals surface area contributed by atoms with Crippen LogP contribution in [0.25, 0.3) is 0 Å². The fraction of sp³-hybridized carbons (Fsp3) is 0.571. The van der Waals surface area contributed by atoms with Crippen LogP contribution in [0.2, 0.25) is 0 Å². The lowest BCUT2D eigenvalue weighted by Gasteiger charge is -2.02. The predicted molar refractivity (Wildman–Crippen MR) is 71.1 cm³/mol. The molecule has 0 aliphatic carbocycles. The Morgan fingerprint density at radius 1 is 0.600 bits per heavy atom. The molecule has 20 heavy (non-hydrogen) atoms. The lowest BCUT2D eigenvalue weighted by molar-refractivity contribution is -0.138. The van der Waals surface area contributed by atoms with Gasteiger partial charge in [-0.3, -0.25) is 28.8 Å². The Balaban J connectivity index is 0. The lowest BCUT2D eigenvalue weighted by Crippen LogP contribution is -2.26. The van der Waals surface area contributed by atoms with Gasteiger partial charge in [-0.15, -0.1) is 0 Å². The van der Waals surface area contributed by atoms with Gasteiger partial charge in [0.15, 0.2) is 0 Å². The SMILES string of the molecule is CC(=O)C(C(C)=O)C(C)=O.CC(=O)CC(=O)CC(C)=O. The van der Waals surface area contributed by atoms with Crippen molar-refractivity contribution < 1.29 is 28.8 Å². The summed E-state index contributed by atoms with van der Waals surface area (Å²) in [6.07, 6.45) is -0.223. The third-order valence-electron chi connectivity index (χ3n) is 2.11. The highest BCUT2D eigenvalue weighted by Gasteiger charge is 2.23. The van der Waals surface area contributed by atoms with Gasteiger partial charge in [-0.25, -0.2) is 0 Å². The van der Waals surface area contributed by atoms with E-state index in [-0.39, 0.29) is 47.5 Å². The zero-order chi connectivity index (χ0) is 16.5. The first-order valence-corrected chi connectivity index (χ1v) is 6.00. The van der Waals surface area contributed by atoms with Crippen molar-refractivity contribution >= 4 is 34.7 Å². The highest BCUT2D eigenvalue weighted by Crippen LogP contribution is 2.00. The van der Waals surface area contributed by atoms with Gasteiger partial charge in [0.1, 0.15) is 40.6 Å². The summed E-state index contributed by atoms with van der Waals surface area (Å²) in [6.45, 7) is 6.39. The van der Waals surface area contributed by atoms with Gasteiger partial charge >= 0.3 is 0 Å². The molecular weight excluding hydrogens is 264 g/mol. The number of hydrogen-bond acceptors (Lipinski definition) is 6. The standard InChI is InChI=1S/2C7H10O3/c1-5(8)3-7(10)4-6(2)9;1-4(8)7(5(2)9)6(3)10/h3-4H2,1-2H3;7H,1-3H3. The Hall–Kier alpha value is -1.98. The molecule has 0 atom stereocenters. The van der Waals surface area contributed by atoms with E-state index in [1.165, 1.54) is 34.6 Å². The van der Waals surface area contributed by atoms with E-state index in [2.05, 4.69) is 0 Å². The monoisotopic (exact) mass is 284 g/mol. The third-order valence-corrected chi connectivity index (χ3v) is 2.11. The van der Waals surface area contributed by atoms with Crippen LogP contribution in [0.3, 0.4) is 0 Å². The number of hydrogen-bond donors (Lipinski definition) is 0. The van der Waals surface area contributed by atoms with Gasteiger partial charge in [-0.1, -0.05) is 0 Å². The summed E-state index contributed by atoms with van der Waals surface area (Å²) in [5, 5.41) is 0. The van der Waals surface area contributed by atoms with Crippen LogP contribution in [0.5, 0.6) is 0 Å². The molecule has 0 fully saturated rings. The molecule has 0 bridgehead atoms. The summed E-state index contributed by atoms with van der Waals surface area (Å²) >= 11 is 0. The highest BCUT2D eigenvalue weighted by molar-refractivity contribution is 6.17. The first-order chi connectivity index (χ1) is 8.98. The lowest BCUT2D eigenvalue weighted by atomic mass is 9.97. The van der Waals surface area contributed by atoms with Crippen LogP contribution in [0, 0.1) is 5.92 Å². The Labute approximate surface area is 117 Å². The molecule has 6 heteroatoms. The van der Waals surface area contributed by atoms with Crippen molar-refractivity contribution in [1.29, 1.82) is 0 Å². The van der Waals surface area contributed by atoms with E-state index in [0.717, 1.165) is 0 Å². The molecule has 0 heterocycles. The van der Waals surface area contributed by atoms with Gasteiger partial charge in [0.25, 0.3) is 0 Å². The maximum absolute atomic E-state index is 10.6. The summed E-state index contributed by atoms with van der Waals surface area (Å²) in [5.74, 6) is -2.82. The second kappa shape index (κ2) is 9.89. The number of ketones is 6. The van der Waals surface area contributed by atoms with Crippen molar-refractivity contribution in [2.24, 2.45) is 5.92 Å². The van der Waals surface area contributed by atoms with Gasteiger partial charge in [-0.05, 0) is 34.6 Å². The van der Waals surface area contributed by atoms with E-state index in [1.807, 2.05) is 0 Å². The molecule has 0 radical (unpaired) electrons. The van der Waals surface area contributed by atoms with E-state index >= 15 is 0 Å². The minimum Gasteiger partial charge on any atom is -0.300 e. The summed E-state index contributed by atoms with van der Waals surface area (Å²) in [7, 11) is 0. The zero-order valence-electron chi connectivity index (χ0n) is 12.4. The van der Waals surface area contributed by atoms with Crippen LogP contribution in [0.1, 0.15) is 47.5 Å². The van der Waals surface area contributed by atoms with E-state index in [0.29, 0.717) is 0 Å². The molecule has 0 aliphatic rings. The Kier molecular flexibility index (Phi) is 10.1. The summed E-state index contributed by atoms with van der Waals surface area (Å²) in [5.41, 5.74) is 0. The fourth-order valence-electron chi connectivity index (χ4n) is 1.48. The molecule has 0 aromatic rings. The van der Waals surface area contributed by atoms with Gasteiger partial charge in [0.2, 0.25) is 0 Å². The maximum atomic E-state index is 10.6. The highest BCUT2D eigenvalue weighted by atomic mass is 16.2. The van der Waals surface area contributed by atoms with Crippen LogP contribution >= 0.6 is 0 Å². The Morgan fingerprint density at radius 2 is 0.850 bits per heavy atom. The molecule has 0 aromatic heterocycles. The van der Waals surface area contributed by atoms with Crippen molar-refractivity contribution in [1.82, 2.24) is 0 Å². The quantitative estimate of drug-likeness (QED) is 0.643. The normalized spacial score (nSPS) is 9.30. The number of Topliss-reactive ketones (excluding diaryl/α,β-unsaturated/α-hetero) is 6. The minimum absolute atomic E-state index is 0.112. The summed E-state index contributed by atoms with van der Waals surface area (Å²) in [4.78, 5) is 63.0. The first-order valence-electron chi connectivity index (χ1n) is 6.00. The second-order valence-electron chi connectivity index (χ2n) is 4.56. The van der Waals surface area contributed by atoms with Crippen LogP contribution in [-0.4, -0.2) is 34.7 Å². The molecule has 0 aromatic carbocycles.